The minimum atomic E-state index is -0.675. The highest BCUT2D eigenvalue weighted by molar-refractivity contribution is 5.87. The number of para-hydroxylation sites is 2. The number of carbonyl (C=O) groups is 1. The number of aryl methyl sites for hydroxylation is 2. The van der Waals surface area contributed by atoms with Gasteiger partial charge in [-0.15, -0.1) is 0 Å². The van der Waals surface area contributed by atoms with Gasteiger partial charge in [-0.25, -0.2) is 19.7 Å². The van der Waals surface area contributed by atoms with Crippen LogP contribution in [0.3, 0.4) is 0 Å². The minimum absolute atomic E-state index is 0.0917. The molecule has 0 aliphatic carbocycles. The lowest BCUT2D eigenvalue weighted by atomic mass is 10.2. The van der Waals surface area contributed by atoms with E-state index in [1.54, 1.807) is 25.3 Å². The summed E-state index contributed by atoms with van der Waals surface area (Å²) >= 11 is 0. The third-order valence-corrected chi connectivity index (χ3v) is 4.89. The molecule has 164 valence electrons. The molecule has 0 fully saturated rings. The molecule has 10 nitrogen and oxygen atoms in total. The van der Waals surface area contributed by atoms with Gasteiger partial charge in [-0.05, 0) is 54.9 Å². The zero-order valence-electron chi connectivity index (χ0n) is 17.8. The minimum Gasteiger partial charge on any atom is -0.388 e. The smallest absolute Gasteiger partial charge is 0.388 e. The van der Waals surface area contributed by atoms with Crippen molar-refractivity contribution in [3.8, 4) is 11.7 Å². The van der Waals surface area contributed by atoms with Crippen LogP contribution in [0.1, 0.15) is 11.3 Å². The van der Waals surface area contributed by atoms with Gasteiger partial charge in [-0.2, -0.15) is 0 Å². The van der Waals surface area contributed by atoms with E-state index in [1.807, 2.05) is 47.9 Å². The number of ether oxygens (including phenoxy) is 1. The molecule has 0 bridgehead atoms. The number of amides is 1. The Hall–Kier alpha value is -4.73. The standard InChI is InChI=1S/C23H19N7O3/c1-14-7-8-16(26-23(31)32-21-11-15(2)33-29-21)12-18(14)28-22-27-17-5-3-4-6-19(17)30(22)20-9-10-24-13-25-20/h3-13H,1-2H3,(H,26,31)(H,27,28). The maximum Gasteiger partial charge on any atom is 0.418 e. The lowest BCUT2D eigenvalue weighted by Gasteiger charge is -2.13. The topological polar surface area (TPSA) is 120 Å². The molecule has 0 spiro atoms. The molecule has 5 rings (SSSR count). The highest BCUT2D eigenvalue weighted by Gasteiger charge is 2.15. The Balaban J connectivity index is 1.44. The molecule has 0 aliphatic heterocycles. The van der Waals surface area contributed by atoms with Crippen LogP contribution in [-0.2, 0) is 0 Å². The van der Waals surface area contributed by atoms with Crippen molar-refractivity contribution in [1.29, 1.82) is 0 Å². The van der Waals surface area contributed by atoms with Crippen LogP contribution >= 0.6 is 0 Å². The average Bonchev–Trinajstić information content (AvgIpc) is 3.39. The van der Waals surface area contributed by atoms with Crippen LogP contribution in [0.15, 0.2) is 71.6 Å². The normalized spacial score (nSPS) is 10.8. The van der Waals surface area contributed by atoms with Crippen LogP contribution in [0.5, 0.6) is 5.88 Å². The van der Waals surface area contributed by atoms with E-state index in [2.05, 4.69) is 25.8 Å². The van der Waals surface area contributed by atoms with Crippen molar-refractivity contribution < 1.29 is 14.1 Å². The Labute approximate surface area is 188 Å². The van der Waals surface area contributed by atoms with Crippen molar-refractivity contribution in [3.05, 3.63) is 78.4 Å². The molecule has 0 unspecified atom stereocenters. The summed E-state index contributed by atoms with van der Waals surface area (Å²) in [5.41, 5.74) is 3.98. The zero-order chi connectivity index (χ0) is 22.8. The Bertz CT molecular complexity index is 1440. The highest BCUT2D eigenvalue weighted by Crippen LogP contribution is 2.29. The molecule has 0 saturated carbocycles. The quantitative estimate of drug-likeness (QED) is 0.400. The summed E-state index contributed by atoms with van der Waals surface area (Å²) in [7, 11) is 0. The molecule has 3 heterocycles. The second kappa shape index (κ2) is 8.42. The number of nitrogens with zero attached hydrogens (tertiary/aromatic N) is 5. The molecule has 1 amide bonds. The van der Waals surface area contributed by atoms with E-state index < -0.39 is 6.09 Å². The zero-order valence-corrected chi connectivity index (χ0v) is 17.8. The van der Waals surface area contributed by atoms with Gasteiger partial charge >= 0.3 is 6.09 Å². The Morgan fingerprint density at radius 2 is 1.97 bits per heavy atom. The van der Waals surface area contributed by atoms with Crippen LogP contribution in [0.2, 0.25) is 0 Å². The van der Waals surface area contributed by atoms with Gasteiger partial charge in [0.15, 0.2) is 0 Å². The van der Waals surface area contributed by atoms with Crippen LogP contribution in [0, 0.1) is 13.8 Å². The summed E-state index contributed by atoms with van der Waals surface area (Å²) in [5, 5.41) is 9.72. The molecule has 3 aromatic heterocycles. The number of carbonyl (C=O) groups excluding carboxylic acids is 1. The van der Waals surface area contributed by atoms with E-state index in [1.165, 1.54) is 12.4 Å². The summed E-state index contributed by atoms with van der Waals surface area (Å²) in [6, 6.07) is 16.6. The van der Waals surface area contributed by atoms with Gasteiger partial charge in [-0.1, -0.05) is 18.2 Å². The number of fused-ring (bicyclic) bond motifs is 1. The largest absolute Gasteiger partial charge is 0.418 e. The monoisotopic (exact) mass is 441 g/mol. The Kier molecular flexibility index (Phi) is 5.15. The number of anilines is 3. The maximum absolute atomic E-state index is 12.2. The SMILES string of the molecule is Cc1cc(OC(=O)Nc2ccc(C)c(Nc3nc4ccccc4n3-c3ccncn3)c2)no1. The van der Waals surface area contributed by atoms with Crippen molar-refractivity contribution in [2.24, 2.45) is 0 Å². The van der Waals surface area contributed by atoms with Gasteiger partial charge in [0.05, 0.1) is 11.0 Å². The molecule has 33 heavy (non-hydrogen) atoms. The first-order valence-electron chi connectivity index (χ1n) is 10.1. The number of rotatable bonds is 5. The van der Waals surface area contributed by atoms with Crippen LogP contribution in [-0.4, -0.2) is 30.8 Å². The highest BCUT2D eigenvalue weighted by atomic mass is 16.6. The molecule has 5 aromatic rings. The van der Waals surface area contributed by atoms with Crippen molar-refractivity contribution in [3.63, 3.8) is 0 Å². The van der Waals surface area contributed by atoms with Gasteiger partial charge in [0.1, 0.15) is 17.9 Å². The van der Waals surface area contributed by atoms with Gasteiger partial charge in [0, 0.05) is 23.6 Å². The lowest BCUT2D eigenvalue weighted by Crippen LogP contribution is -2.17. The second-order valence-electron chi connectivity index (χ2n) is 7.27. The Morgan fingerprint density at radius 3 is 2.76 bits per heavy atom. The predicted molar refractivity (Wildman–Crippen MR) is 122 cm³/mol. The van der Waals surface area contributed by atoms with Crippen molar-refractivity contribution in [2.45, 2.75) is 13.8 Å². The summed E-state index contributed by atoms with van der Waals surface area (Å²) in [6.45, 7) is 3.67. The van der Waals surface area contributed by atoms with E-state index in [4.69, 9.17) is 14.2 Å². The van der Waals surface area contributed by atoms with E-state index in [0.29, 0.717) is 23.2 Å². The predicted octanol–water partition coefficient (Wildman–Crippen LogP) is 4.77. The number of nitrogens with one attached hydrogen (secondary N) is 2. The molecule has 0 radical (unpaired) electrons. The van der Waals surface area contributed by atoms with Crippen molar-refractivity contribution in [1.82, 2.24) is 24.7 Å². The average molecular weight is 441 g/mol. The molecule has 0 atom stereocenters. The summed E-state index contributed by atoms with van der Waals surface area (Å²) in [5.74, 6) is 1.90. The van der Waals surface area contributed by atoms with Crippen molar-refractivity contribution >= 4 is 34.4 Å². The third kappa shape index (κ3) is 4.22. The second-order valence-corrected chi connectivity index (χ2v) is 7.27. The number of hydrogen-bond acceptors (Lipinski definition) is 8. The van der Waals surface area contributed by atoms with E-state index in [0.717, 1.165) is 22.3 Å². The van der Waals surface area contributed by atoms with E-state index >= 15 is 0 Å². The van der Waals surface area contributed by atoms with Crippen molar-refractivity contribution in [2.75, 3.05) is 10.6 Å². The summed E-state index contributed by atoms with van der Waals surface area (Å²) < 4.78 is 12.0. The van der Waals surface area contributed by atoms with Crippen LogP contribution < -0.4 is 15.4 Å². The van der Waals surface area contributed by atoms with E-state index in [9.17, 15) is 4.79 Å². The molecule has 0 aliphatic rings. The molecule has 2 N–H and O–H groups in total. The fourth-order valence-corrected chi connectivity index (χ4v) is 3.34. The summed E-state index contributed by atoms with van der Waals surface area (Å²) in [4.78, 5) is 25.4. The fourth-order valence-electron chi connectivity index (χ4n) is 3.34. The van der Waals surface area contributed by atoms with Crippen LogP contribution in [0.4, 0.5) is 22.1 Å². The molecular formula is C23H19N7O3. The third-order valence-electron chi connectivity index (χ3n) is 4.89. The Morgan fingerprint density at radius 1 is 1.09 bits per heavy atom. The van der Waals surface area contributed by atoms with E-state index in [-0.39, 0.29) is 5.88 Å². The number of benzene rings is 2. The fraction of sp³-hybridized carbons (Fsp3) is 0.0870. The number of hydrogen-bond donors (Lipinski definition) is 2. The first kappa shape index (κ1) is 20.2. The molecule has 2 aromatic carbocycles. The molecular weight excluding hydrogens is 422 g/mol. The number of imidazole rings is 1. The maximum atomic E-state index is 12.2. The first-order chi connectivity index (χ1) is 16.1. The van der Waals surface area contributed by atoms with Gasteiger partial charge < -0.3 is 14.6 Å². The first-order valence-corrected chi connectivity index (χ1v) is 10.1. The number of aromatic nitrogens is 5. The lowest BCUT2D eigenvalue weighted by molar-refractivity contribution is 0.210. The van der Waals surface area contributed by atoms with Crippen LogP contribution in [0.25, 0.3) is 16.9 Å². The molecule has 0 saturated heterocycles. The van der Waals surface area contributed by atoms with Gasteiger partial charge in [0.2, 0.25) is 5.95 Å². The summed E-state index contributed by atoms with van der Waals surface area (Å²) in [6.07, 6.45) is 2.50. The van der Waals surface area contributed by atoms with Gasteiger partial charge in [-0.3, -0.25) is 9.88 Å². The van der Waals surface area contributed by atoms with Gasteiger partial charge in [0.25, 0.3) is 5.88 Å². The molecule has 10 heteroatoms.